The highest BCUT2D eigenvalue weighted by atomic mass is 16.4. The van der Waals surface area contributed by atoms with Crippen molar-refractivity contribution in [2.24, 2.45) is 5.73 Å². The molecule has 0 aromatic heterocycles. The average molecular weight is 199 g/mol. The molecule has 3 N–H and O–H groups in total. The molecule has 6 heteroatoms. The van der Waals surface area contributed by atoms with E-state index in [1.165, 1.54) is 4.90 Å². The predicted octanol–water partition coefficient (Wildman–Crippen LogP) is -0.838. The number of aliphatic carboxylic acids is 1. The Morgan fingerprint density at radius 2 is 2.07 bits per heavy atom. The van der Waals surface area contributed by atoms with Crippen LogP contribution < -0.4 is 5.73 Å². The van der Waals surface area contributed by atoms with Crippen LogP contribution in [0.5, 0.6) is 0 Å². The highest BCUT2D eigenvalue weighted by Crippen LogP contribution is 1.94. The van der Waals surface area contributed by atoms with Crippen molar-refractivity contribution in [1.82, 2.24) is 4.90 Å². The zero-order valence-electron chi connectivity index (χ0n) is 7.77. The van der Waals surface area contributed by atoms with Gasteiger partial charge in [0.2, 0.25) is 5.91 Å². The van der Waals surface area contributed by atoms with Crippen molar-refractivity contribution in [2.45, 2.75) is 12.8 Å². The quantitative estimate of drug-likeness (QED) is 0.520. The number of nitrogens with zero attached hydrogens (tertiary/aromatic N) is 2. The molecule has 0 aliphatic carbocycles. The minimum absolute atomic E-state index is 0.0856. The van der Waals surface area contributed by atoms with Gasteiger partial charge in [-0.15, -0.1) is 0 Å². The van der Waals surface area contributed by atoms with Crippen LogP contribution in [0.3, 0.4) is 0 Å². The summed E-state index contributed by atoms with van der Waals surface area (Å²) in [4.78, 5) is 22.3. The number of carbonyl (C=O) groups is 2. The van der Waals surface area contributed by atoms with Crippen molar-refractivity contribution in [1.29, 1.82) is 5.26 Å². The third kappa shape index (κ3) is 7.06. The fraction of sp³-hybridized carbons (Fsp3) is 0.625. The van der Waals surface area contributed by atoms with Crippen molar-refractivity contribution in [2.75, 3.05) is 19.6 Å². The molecular formula is C8H13N3O3. The van der Waals surface area contributed by atoms with E-state index in [2.05, 4.69) is 0 Å². The number of carboxylic acid groups (broad SMARTS) is 1. The van der Waals surface area contributed by atoms with Crippen LogP contribution >= 0.6 is 0 Å². The molecule has 0 aliphatic rings. The number of nitriles is 1. The normalized spacial score (nSPS) is 9.71. The number of rotatable bonds is 7. The molecule has 0 fully saturated rings. The first-order valence-electron chi connectivity index (χ1n) is 4.15. The van der Waals surface area contributed by atoms with Gasteiger partial charge in [-0.2, -0.15) is 5.26 Å². The van der Waals surface area contributed by atoms with Crippen LogP contribution in [0.2, 0.25) is 0 Å². The molecular weight excluding hydrogens is 186 g/mol. The summed E-state index contributed by atoms with van der Waals surface area (Å²) >= 11 is 0. The molecule has 0 saturated heterocycles. The minimum Gasteiger partial charge on any atom is -0.480 e. The number of nitrogens with two attached hydrogens (primary N) is 1. The van der Waals surface area contributed by atoms with Gasteiger partial charge >= 0.3 is 5.97 Å². The van der Waals surface area contributed by atoms with E-state index in [0.717, 1.165) is 0 Å². The lowest BCUT2D eigenvalue weighted by Gasteiger charge is -2.17. The first kappa shape index (κ1) is 12.4. The molecule has 0 bridgehead atoms. The molecule has 0 aliphatic heterocycles. The zero-order valence-corrected chi connectivity index (χ0v) is 7.77. The topological polar surface area (TPSA) is 107 Å². The Morgan fingerprint density at radius 1 is 1.43 bits per heavy atom. The number of carbonyl (C=O) groups excluding carboxylic acids is 1. The summed E-state index contributed by atoms with van der Waals surface area (Å²) in [6.07, 6.45) is 0.881. The number of carboxylic acids is 1. The molecule has 0 heterocycles. The highest BCUT2D eigenvalue weighted by Gasteiger charge is 2.11. The standard InChI is InChI=1S/C8H13N3O3/c9-3-1-2-4-11(5-7(10)12)6-8(13)14/h1-2,4-6H2,(H2,10,12)(H,13,14). The molecule has 78 valence electrons. The lowest BCUT2D eigenvalue weighted by molar-refractivity contribution is -0.138. The van der Waals surface area contributed by atoms with E-state index in [-0.39, 0.29) is 13.1 Å². The van der Waals surface area contributed by atoms with Gasteiger partial charge in [-0.25, -0.2) is 0 Å². The average Bonchev–Trinajstić information content (AvgIpc) is 2.02. The molecule has 0 spiro atoms. The van der Waals surface area contributed by atoms with E-state index >= 15 is 0 Å². The Morgan fingerprint density at radius 3 is 2.50 bits per heavy atom. The van der Waals surface area contributed by atoms with Crippen LogP contribution in [0.15, 0.2) is 0 Å². The van der Waals surface area contributed by atoms with E-state index in [4.69, 9.17) is 16.1 Å². The minimum atomic E-state index is -1.01. The Balaban J connectivity index is 3.91. The molecule has 0 aromatic carbocycles. The molecule has 0 aromatic rings. The van der Waals surface area contributed by atoms with Gasteiger partial charge in [0.1, 0.15) is 0 Å². The first-order chi connectivity index (χ1) is 6.56. The van der Waals surface area contributed by atoms with Crippen molar-refractivity contribution in [3.63, 3.8) is 0 Å². The molecule has 0 atom stereocenters. The van der Waals surface area contributed by atoms with Gasteiger partial charge in [-0.05, 0) is 6.42 Å². The summed E-state index contributed by atoms with van der Waals surface area (Å²) in [6.45, 7) is 0.0783. The summed E-state index contributed by atoms with van der Waals surface area (Å²) in [5.74, 6) is -1.58. The van der Waals surface area contributed by atoms with Gasteiger partial charge in [0, 0.05) is 13.0 Å². The molecule has 6 nitrogen and oxygen atoms in total. The van der Waals surface area contributed by atoms with Crippen LogP contribution in [0.1, 0.15) is 12.8 Å². The Kier molecular flexibility index (Phi) is 6.07. The van der Waals surface area contributed by atoms with Crippen molar-refractivity contribution in [3.8, 4) is 6.07 Å². The van der Waals surface area contributed by atoms with Gasteiger partial charge in [-0.3, -0.25) is 14.5 Å². The SMILES string of the molecule is N#CCCCN(CC(N)=O)CC(=O)O. The van der Waals surface area contributed by atoms with Crippen LogP contribution in [-0.2, 0) is 9.59 Å². The fourth-order valence-electron chi connectivity index (χ4n) is 1.01. The van der Waals surface area contributed by atoms with Crippen molar-refractivity contribution in [3.05, 3.63) is 0 Å². The number of hydrogen-bond donors (Lipinski definition) is 2. The van der Waals surface area contributed by atoms with E-state index < -0.39 is 11.9 Å². The van der Waals surface area contributed by atoms with E-state index in [1.54, 1.807) is 0 Å². The number of primary amides is 1. The second-order valence-corrected chi connectivity index (χ2v) is 2.83. The second kappa shape index (κ2) is 6.86. The largest absolute Gasteiger partial charge is 0.480 e. The molecule has 1 amide bonds. The Labute approximate surface area is 81.9 Å². The van der Waals surface area contributed by atoms with Crippen molar-refractivity contribution < 1.29 is 14.7 Å². The van der Waals surface area contributed by atoms with Crippen LogP contribution in [0.4, 0.5) is 0 Å². The molecule has 0 unspecified atom stereocenters. The summed E-state index contributed by atoms with van der Waals surface area (Å²) in [7, 11) is 0. The molecule has 0 rings (SSSR count). The van der Waals surface area contributed by atoms with Gasteiger partial charge in [0.25, 0.3) is 0 Å². The highest BCUT2D eigenvalue weighted by molar-refractivity contribution is 5.77. The maximum atomic E-state index is 10.5. The van der Waals surface area contributed by atoms with E-state index in [0.29, 0.717) is 19.4 Å². The van der Waals surface area contributed by atoms with Crippen LogP contribution in [0.25, 0.3) is 0 Å². The third-order valence-electron chi connectivity index (χ3n) is 1.50. The summed E-state index contributed by atoms with van der Waals surface area (Å²) < 4.78 is 0. The summed E-state index contributed by atoms with van der Waals surface area (Å²) in [5, 5.41) is 16.8. The lowest BCUT2D eigenvalue weighted by Crippen LogP contribution is -2.37. The Bertz CT molecular complexity index is 231. The van der Waals surface area contributed by atoms with Gasteiger partial charge in [-0.1, -0.05) is 0 Å². The monoisotopic (exact) mass is 199 g/mol. The molecule has 14 heavy (non-hydrogen) atoms. The summed E-state index contributed by atoms with van der Waals surface area (Å²) in [6, 6.07) is 1.94. The maximum Gasteiger partial charge on any atom is 0.317 e. The predicted molar refractivity (Wildman–Crippen MR) is 48.1 cm³/mol. The zero-order chi connectivity index (χ0) is 11.0. The van der Waals surface area contributed by atoms with Crippen LogP contribution in [0, 0.1) is 11.3 Å². The number of unbranched alkanes of at least 4 members (excludes halogenated alkanes) is 1. The smallest absolute Gasteiger partial charge is 0.317 e. The van der Waals surface area contributed by atoms with E-state index in [9.17, 15) is 9.59 Å². The van der Waals surface area contributed by atoms with Gasteiger partial charge in [0.05, 0.1) is 19.2 Å². The Hall–Kier alpha value is -1.61. The van der Waals surface area contributed by atoms with Gasteiger partial charge in [0.15, 0.2) is 0 Å². The first-order valence-corrected chi connectivity index (χ1v) is 4.15. The van der Waals surface area contributed by atoms with Crippen LogP contribution in [-0.4, -0.2) is 41.5 Å². The lowest BCUT2D eigenvalue weighted by atomic mass is 10.3. The van der Waals surface area contributed by atoms with E-state index in [1.807, 2.05) is 6.07 Å². The summed E-state index contributed by atoms with van der Waals surface area (Å²) in [5.41, 5.74) is 4.93. The van der Waals surface area contributed by atoms with Crippen molar-refractivity contribution >= 4 is 11.9 Å². The number of amides is 1. The van der Waals surface area contributed by atoms with Gasteiger partial charge < -0.3 is 10.8 Å². The fourth-order valence-corrected chi connectivity index (χ4v) is 1.01. The maximum absolute atomic E-state index is 10.5. The number of hydrogen-bond acceptors (Lipinski definition) is 4. The second-order valence-electron chi connectivity index (χ2n) is 2.83. The third-order valence-corrected chi connectivity index (χ3v) is 1.50. The molecule has 0 radical (unpaired) electrons. The molecule has 0 saturated carbocycles.